The van der Waals surface area contributed by atoms with Crippen LogP contribution in [0.3, 0.4) is 0 Å². The van der Waals surface area contributed by atoms with Crippen molar-refractivity contribution >= 4 is 10.0 Å². The lowest BCUT2D eigenvalue weighted by molar-refractivity contribution is -0.762. The predicted molar refractivity (Wildman–Crippen MR) is 46.7 cm³/mol. The molecule has 0 atom stereocenters. The van der Waals surface area contributed by atoms with Gasteiger partial charge in [0.1, 0.15) is 0 Å². The average molecular weight is 180 g/mol. The van der Waals surface area contributed by atoms with Gasteiger partial charge in [0.25, 0.3) is 10.0 Å². The van der Waals surface area contributed by atoms with Gasteiger partial charge < -0.3 is 0 Å². The molecule has 0 radical (unpaired) electrons. The van der Waals surface area contributed by atoms with Crippen molar-refractivity contribution in [2.75, 3.05) is 26.4 Å². The van der Waals surface area contributed by atoms with Gasteiger partial charge in [-0.1, -0.05) is 6.92 Å². The van der Waals surface area contributed by atoms with Gasteiger partial charge in [0.05, 0.1) is 26.4 Å². The second kappa shape index (κ2) is 3.54. The molecule has 3 nitrogen and oxygen atoms in total. The van der Waals surface area contributed by atoms with E-state index < -0.39 is 10.0 Å². The van der Waals surface area contributed by atoms with Gasteiger partial charge in [-0.15, -0.1) is 0 Å². The molecule has 0 aromatic carbocycles. The molecular weight excluding hydrogens is 162 g/mol. The van der Waals surface area contributed by atoms with Crippen molar-refractivity contribution in [3.63, 3.8) is 0 Å². The van der Waals surface area contributed by atoms with Gasteiger partial charge in [-0.3, -0.25) is 0 Å². The van der Waals surface area contributed by atoms with Crippen molar-refractivity contribution in [2.24, 2.45) is 0 Å². The lowest BCUT2D eigenvalue weighted by Crippen LogP contribution is -2.46. The van der Waals surface area contributed by atoms with Crippen LogP contribution in [0.1, 0.15) is 20.3 Å². The Bertz CT molecular complexity index is 206. The number of hydrogen-bond acceptors (Lipinski definition) is 2. The first-order chi connectivity index (χ1) is 4.87. The third-order valence-electron chi connectivity index (χ3n) is 1.88. The van der Waals surface area contributed by atoms with Crippen LogP contribution in [0.15, 0.2) is 0 Å². The van der Waals surface area contributed by atoms with Gasteiger partial charge >= 0.3 is 0 Å². The van der Waals surface area contributed by atoms with E-state index in [9.17, 15) is 8.42 Å². The first-order valence-electron chi connectivity index (χ1n) is 3.93. The van der Waals surface area contributed by atoms with Crippen LogP contribution in [-0.2, 0) is 10.0 Å². The Morgan fingerprint density at radius 3 is 1.91 bits per heavy atom. The second-order valence-electron chi connectivity index (χ2n) is 3.17. The van der Waals surface area contributed by atoms with Gasteiger partial charge in [-0.05, 0) is 13.3 Å². The van der Waals surface area contributed by atoms with Gasteiger partial charge in [-0.25, -0.2) is 3.89 Å². The number of sulfonamides is 1. The van der Waals surface area contributed by atoms with Crippen LogP contribution >= 0.6 is 0 Å². The zero-order valence-electron chi connectivity index (χ0n) is 7.79. The minimum atomic E-state index is -2.92. The summed E-state index contributed by atoms with van der Waals surface area (Å²) in [7, 11) is 0.554. The minimum absolute atomic E-state index is 0.111. The summed E-state index contributed by atoms with van der Waals surface area (Å²) < 4.78 is 22.9. The predicted octanol–water partition coefficient (Wildman–Crippen LogP) is 0.822. The molecule has 0 amide bonds. The molecule has 0 aliphatic rings. The van der Waals surface area contributed by atoms with Gasteiger partial charge in [-0.2, -0.15) is 8.42 Å². The summed E-state index contributed by atoms with van der Waals surface area (Å²) in [5, 5.41) is 0. The summed E-state index contributed by atoms with van der Waals surface area (Å²) in [6.07, 6.45) is 0.895. The third-order valence-corrected chi connectivity index (χ3v) is 4.30. The summed E-state index contributed by atoms with van der Waals surface area (Å²) in [5.74, 6) is 0.222. The molecule has 4 heteroatoms. The van der Waals surface area contributed by atoms with Gasteiger partial charge in [0, 0.05) is 0 Å². The van der Waals surface area contributed by atoms with Crippen molar-refractivity contribution in [1.29, 1.82) is 0 Å². The van der Waals surface area contributed by atoms with Crippen molar-refractivity contribution < 1.29 is 12.3 Å². The summed E-state index contributed by atoms with van der Waals surface area (Å²) in [5.41, 5.74) is 0. The van der Waals surface area contributed by atoms with Crippen LogP contribution in [0.2, 0.25) is 0 Å². The maximum Gasteiger partial charge on any atom is 0.296 e. The summed E-state index contributed by atoms with van der Waals surface area (Å²) in [6, 6.07) is 0. The summed E-state index contributed by atoms with van der Waals surface area (Å²) in [4.78, 5) is 0. The monoisotopic (exact) mass is 180 g/mol. The van der Waals surface area contributed by atoms with E-state index >= 15 is 0 Å². The highest BCUT2D eigenvalue weighted by Crippen LogP contribution is 2.08. The van der Waals surface area contributed by atoms with E-state index in [1.54, 1.807) is 21.0 Å². The van der Waals surface area contributed by atoms with Crippen molar-refractivity contribution in [3.05, 3.63) is 0 Å². The van der Waals surface area contributed by atoms with Crippen LogP contribution in [0, 0.1) is 0 Å². The molecule has 0 rings (SSSR count). The molecule has 0 spiro atoms. The summed E-state index contributed by atoms with van der Waals surface area (Å²) >= 11 is 0. The fourth-order valence-electron chi connectivity index (χ4n) is 1.03. The highest BCUT2D eigenvalue weighted by Gasteiger charge is 2.29. The Balaban J connectivity index is 4.55. The Labute approximate surface area is 69.7 Å². The second-order valence-corrected chi connectivity index (χ2v) is 5.90. The van der Waals surface area contributed by atoms with Crippen LogP contribution in [-0.4, -0.2) is 38.7 Å². The molecule has 0 heterocycles. The number of rotatable bonds is 4. The van der Waals surface area contributed by atoms with E-state index in [2.05, 4.69) is 0 Å². The van der Waals surface area contributed by atoms with Crippen LogP contribution in [0.25, 0.3) is 0 Å². The standard InChI is InChI=1S/C7H18NO2S/c1-5-7-8(3,4)11(9,10)6-2/h5-7H2,1-4H3/q+1. The topological polar surface area (TPSA) is 34.1 Å². The molecule has 11 heavy (non-hydrogen) atoms. The smallest absolute Gasteiger partial charge is 0.223 e. The lowest BCUT2D eigenvalue weighted by Gasteiger charge is -2.27. The normalized spacial score (nSPS) is 13.5. The molecule has 0 N–H and O–H groups in total. The molecule has 0 bridgehead atoms. The van der Waals surface area contributed by atoms with Crippen molar-refractivity contribution in [2.45, 2.75) is 20.3 Å². The zero-order chi connectivity index (χ0) is 9.12. The van der Waals surface area contributed by atoms with Gasteiger partial charge in [0.2, 0.25) is 0 Å². The highest BCUT2D eigenvalue weighted by atomic mass is 32.2. The largest absolute Gasteiger partial charge is 0.296 e. The maximum atomic E-state index is 11.4. The molecule has 68 valence electrons. The van der Waals surface area contributed by atoms with Gasteiger partial charge in [0.15, 0.2) is 0 Å². The highest BCUT2D eigenvalue weighted by molar-refractivity contribution is 7.85. The Kier molecular flexibility index (Phi) is 3.51. The van der Waals surface area contributed by atoms with E-state index in [1.807, 2.05) is 6.92 Å². The molecule has 0 aliphatic heterocycles. The fourth-order valence-corrected chi connectivity index (χ4v) is 2.19. The molecule has 0 unspecified atom stereocenters. The van der Waals surface area contributed by atoms with E-state index in [1.165, 1.54) is 0 Å². The molecule has 0 saturated carbocycles. The van der Waals surface area contributed by atoms with E-state index in [4.69, 9.17) is 0 Å². The minimum Gasteiger partial charge on any atom is -0.223 e. The SMILES string of the molecule is CCC[N+](C)(C)S(=O)(=O)CC. The van der Waals surface area contributed by atoms with Crippen LogP contribution in [0.4, 0.5) is 0 Å². The summed E-state index contributed by atoms with van der Waals surface area (Å²) in [6.45, 7) is 4.37. The molecule has 0 aromatic rings. The van der Waals surface area contributed by atoms with E-state index in [0.29, 0.717) is 6.54 Å². The van der Waals surface area contributed by atoms with E-state index in [0.717, 1.165) is 6.42 Å². The molecule has 0 fully saturated rings. The Morgan fingerprint density at radius 1 is 1.18 bits per heavy atom. The number of quaternary nitrogens is 1. The Hall–Kier alpha value is -0.0900. The third kappa shape index (κ3) is 2.45. The first-order valence-corrected chi connectivity index (χ1v) is 5.54. The van der Waals surface area contributed by atoms with Crippen LogP contribution in [0.5, 0.6) is 0 Å². The number of hydrogen-bond donors (Lipinski definition) is 0. The average Bonchev–Trinajstić information content (AvgIpc) is 1.87. The Morgan fingerprint density at radius 2 is 1.64 bits per heavy atom. The molecule has 0 saturated heterocycles. The molecule has 0 aliphatic carbocycles. The fraction of sp³-hybridized carbons (Fsp3) is 1.00. The quantitative estimate of drug-likeness (QED) is 0.600. The van der Waals surface area contributed by atoms with Crippen molar-refractivity contribution in [1.82, 2.24) is 0 Å². The first kappa shape index (κ1) is 10.9. The van der Waals surface area contributed by atoms with Crippen LogP contribution < -0.4 is 0 Å². The number of nitrogens with zero attached hydrogens (tertiary/aromatic N) is 1. The maximum absolute atomic E-state index is 11.4. The zero-order valence-corrected chi connectivity index (χ0v) is 8.61. The molecular formula is C7H18NO2S+. The molecule has 0 aromatic heterocycles. The lowest BCUT2D eigenvalue weighted by atomic mass is 10.5. The van der Waals surface area contributed by atoms with E-state index in [-0.39, 0.29) is 9.64 Å². The van der Waals surface area contributed by atoms with Crippen molar-refractivity contribution in [3.8, 4) is 0 Å².